The first-order valence-corrected chi connectivity index (χ1v) is 10.9. The van der Waals surface area contributed by atoms with Crippen molar-refractivity contribution in [1.82, 2.24) is 0 Å². The maximum atomic E-state index is 14.0. The van der Waals surface area contributed by atoms with Crippen LogP contribution in [0.1, 0.15) is 36.1 Å². The molecule has 3 aromatic rings. The molecule has 0 radical (unpaired) electrons. The Morgan fingerprint density at radius 2 is 1.19 bits per heavy atom. The Kier molecular flexibility index (Phi) is 3.15. The van der Waals surface area contributed by atoms with E-state index in [0.717, 1.165) is 22.3 Å². The zero-order chi connectivity index (χ0) is 21.8. The van der Waals surface area contributed by atoms with Crippen molar-refractivity contribution in [3.63, 3.8) is 0 Å². The van der Waals surface area contributed by atoms with Gasteiger partial charge in [-0.15, -0.1) is 0 Å². The number of carbonyl (C=O) groups is 2. The van der Waals surface area contributed by atoms with E-state index in [2.05, 4.69) is 38.1 Å². The summed E-state index contributed by atoms with van der Waals surface area (Å²) in [6.07, 6.45) is 0. The molecule has 5 aliphatic rings. The van der Waals surface area contributed by atoms with Crippen molar-refractivity contribution < 1.29 is 19.1 Å². The van der Waals surface area contributed by atoms with Crippen molar-refractivity contribution in [2.45, 2.75) is 24.7 Å². The number of hydrogen-bond donors (Lipinski definition) is 0. The van der Waals surface area contributed by atoms with Gasteiger partial charge in [0.2, 0.25) is 18.6 Å². The molecule has 158 valence electrons. The first-order valence-electron chi connectivity index (χ1n) is 10.9. The van der Waals surface area contributed by atoms with Crippen LogP contribution < -0.4 is 14.4 Å². The molecular formula is C27H21NO4. The van der Waals surface area contributed by atoms with E-state index in [1.165, 1.54) is 4.90 Å². The molecule has 0 unspecified atom stereocenters. The summed E-state index contributed by atoms with van der Waals surface area (Å²) < 4.78 is 10.9. The third-order valence-corrected chi connectivity index (χ3v) is 8.26. The van der Waals surface area contributed by atoms with Crippen molar-refractivity contribution in [2.24, 2.45) is 11.8 Å². The Morgan fingerprint density at radius 3 is 1.69 bits per heavy atom. The van der Waals surface area contributed by atoms with E-state index in [1.807, 2.05) is 24.3 Å². The van der Waals surface area contributed by atoms with Crippen LogP contribution >= 0.6 is 0 Å². The van der Waals surface area contributed by atoms with Gasteiger partial charge in [0.25, 0.3) is 0 Å². The van der Waals surface area contributed by atoms with E-state index in [4.69, 9.17) is 9.47 Å². The van der Waals surface area contributed by atoms with Gasteiger partial charge in [-0.3, -0.25) is 9.59 Å². The minimum Gasteiger partial charge on any atom is -0.454 e. The van der Waals surface area contributed by atoms with Crippen LogP contribution in [0.3, 0.4) is 0 Å². The van der Waals surface area contributed by atoms with Crippen molar-refractivity contribution in [2.75, 3.05) is 11.7 Å². The van der Waals surface area contributed by atoms with E-state index < -0.39 is 22.7 Å². The monoisotopic (exact) mass is 423 g/mol. The van der Waals surface area contributed by atoms with Crippen molar-refractivity contribution in [3.05, 3.63) is 89.0 Å². The fourth-order valence-corrected chi connectivity index (χ4v) is 6.85. The molecule has 2 aliphatic heterocycles. The molecule has 1 fully saturated rings. The Bertz CT molecular complexity index is 1240. The van der Waals surface area contributed by atoms with E-state index in [1.54, 1.807) is 18.2 Å². The van der Waals surface area contributed by atoms with E-state index in [-0.39, 0.29) is 18.6 Å². The highest BCUT2D eigenvalue weighted by Crippen LogP contribution is 2.66. The Balaban J connectivity index is 1.49. The summed E-state index contributed by atoms with van der Waals surface area (Å²) in [5.41, 5.74) is 3.99. The molecule has 0 aromatic heterocycles. The number of anilines is 1. The number of rotatable bonds is 1. The predicted octanol–water partition coefficient (Wildman–Crippen LogP) is 4.16. The lowest BCUT2D eigenvalue weighted by Gasteiger charge is -2.57. The van der Waals surface area contributed by atoms with Crippen LogP contribution in [0.4, 0.5) is 5.69 Å². The normalized spacial score (nSPS) is 30.9. The molecule has 5 nitrogen and oxygen atoms in total. The highest BCUT2D eigenvalue weighted by atomic mass is 16.7. The first kappa shape index (κ1) is 18.0. The molecule has 1 saturated heterocycles. The van der Waals surface area contributed by atoms with E-state index in [9.17, 15) is 9.59 Å². The summed E-state index contributed by atoms with van der Waals surface area (Å²) >= 11 is 0. The Morgan fingerprint density at radius 1 is 0.719 bits per heavy atom. The fraction of sp³-hybridized carbons (Fsp3) is 0.259. The smallest absolute Gasteiger partial charge is 0.238 e. The van der Waals surface area contributed by atoms with Gasteiger partial charge in [0, 0.05) is 16.9 Å². The minimum absolute atomic E-state index is 0.142. The summed E-state index contributed by atoms with van der Waals surface area (Å²) in [7, 11) is 0. The number of carbonyl (C=O) groups excluding carboxylic acids is 2. The average molecular weight is 423 g/mol. The van der Waals surface area contributed by atoms with Crippen LogP contribution in [0.15, 0.2) is 66.7 Å². The zero-order valence-corrected chi connectivity index (χ0v) is 17.8. The number of benzene rings is 3. The van der Waals surface area contributed by atoms with Crippen LogP contribution in [-0.2, 0) is 20.4 Å². The van der Waals surface area contributed by atoms with Gasteiger partial charge in [0.1, 0.15) is 0 Å². The van der Waals surface area contributed by atoms with Crippen LogP contribution in [0.25, 0.3) is 0 Å². The molecule has 5 heteroatoms. The standard InChI is InChI=1S/C27H21NO4/c1-26-16-7-3-5-9-18(16)27(2,19-10-6-4-8-17(19)26)23-22(26)24(29)28(25(23)30)15-11-12-20-21(13-15)32-14-31-20/h3-13,22-23H,14H2,1-2H3/t22-,23+,26?,27?. The molecule has 0 N–H and O–H groups in total. The van der Waals surface area contributed by atoms with Crippen LogP contribution in [-0.4, -0.2) is 18.6 Å². The summed E-state index contributed by atoms with van der Waals surface area (Å²) in [6.45, 7) is 4.41. The molecule has 2 heterocycles. The lowest BCUT2D eigenvalue weighted by Crippen LogP contribution is -2.59. The highest BCUT2D eigenvalue weighted by Gasteiger charge is 2.70. The first-order chi connectivity index (χ1) is 15.5. The van der Waals surface area contributed by atoms with Gasteiger partial charge >= 0.3 is 0 Å². The fourth-order valence-electron chi connectivity index (χ4n) is 6.85. The number of amides is 2. The molecule has 0 saturated carbocycles. The van der Waals surface area contributed by atoms with Gasteiger partial charge in [-0.2, -0.15) is 0 Å². The molecule has 3 aliphatic carbocycles. The van der Waals surface area contributed by atoms with Gasteiger partial charge in [0.15, 0.2) is 11.5 Å². The SMILES string of the molecule is CC12c3ccccc3C(C)(c3ccccc31)[C@H]1C(=O)N(c3ccc4c(c3)OCO4)C(=O)[C@H]12. The second-order valence-corrected chi connectivity index (χ2v) is 9.50. The summed E-state index contributed by atoms with van der Waals surface area (Å²) in [6, 6.07) is 21.9. The van der Waals surface area contributed by atoms with Crippen LogP contribution in [0.2, 0.25) is 0 Å². The maximum Gasteiger partial charge on any atom is 0.238 e. The molecule has 32 heavy (non-hydrogen) atoms. The van der Waals surface area contributed by atoms with Crippen molar-refractivity contribution >= 4 is 17.5 Å². The number of ether oxygens (including phenoxy) is 2. The summed E-state index contributed by atoms with van der Waals surface area (Å²) in [5, 5.41) is 0. The summed E-state index contributed by atoms with van der Waals surface area (Å²) in [5.74, 6) is -0.0207. The number of fused-ring (bicyclic) bond motifs is 1. The second kappa shape index (κ2) is 5.60. The molecule has 2 bridgehead atoms. The van der Waals surface area contributed by atoms with Gasteiger partial charge in [-0.25, -0.2) is 4.90 Å². The second-order valence-electron chi connectivity index (χ2n) is 9.50. The average Bonchev–Trinajstić information content (AvgIpc) is 3.39. The Hall–Kier alpha value is -3.60. The lowest BCUT2D eigenvalue weighted by molar-refractivity contribution is -0.124. The molecule has 0 spiro atoms. The predicted molar refractivity (Wildman–Crippen MR) is 118 cm³/mol. The van der Waals surface area contributed by atoms with Crippen LogP contribution in [0.5, 0.6) is 11.5 Å². The lowest BCUT2D eigenvalue weighted by atomic mass is 9.42. The molecule has 3 aromatic carbocycles. The van der Waals surface area contributed by atoms with Crippen LogP contribution in [0, 0.1) is 11.8 Å². The largest absolute Gasteiger partial charge is 0.454 e. The van der Waals surface area contributed by atoms with Crippen molar-refractivity contribution in [1.29, 1.82) is 0 Å². The molecule has 2 amide bonds. The third-order valence-electron chi connectivity index (χ3n) is 8.26. The number of imide groups is 1. The van der Waals surface area contributed by atoms with Gasteiger partial charge in [-0.1, -0.05) is 62.4 Å². The van der Waals surface area contributed by atoms with E-state index in [0.29, 0.717) is 17.2 Å². The number of hydrogen-bond acceptors (Lipinski definition) is 4. The molecular weight excluding hydrogens is 402 g/mol. The van der Waals surface area contributed by atoms with Gasteiger partial charge in [0.05, 0.1) is 17.5 Å². The van der Waals surface area contributed by atoms with Gasteiger partial charge in [-0.05, 0) is 34.4 Å². The van der Waals surface area contributed by atoms with E-state index >= 15 is 0 Å². The van der Waals surface area contributed by atoms with Gasteiger partial charge < -0.3 is 9.47 Å². The molecule has 8 rings (SSSR count). The summed E-state index contributed by atoms with van der Waals surface area (Å²) in [4.78, 5) is 29.5. The molecule has 2 atom stereocenters. The highest BCUT2D eigenvalue weighted by molar-refractivity contribution is 6.24. The minimum atomic E-state index is -0.576. The Labute approximate surface area is 185 Å². The number of nitrogens with zero attached hydrogens (tertiary/aromatic N) is 1. The third kappa shape index (κ3) is 1.80. The van der Waals surface area contributed by atoms with Crippen molar-refractivity contribution in [3.8, 4) is 11.5 Å². The quantitative estimate of drug-likeness (QED) is 0.552. The topological polar surface area (TPSA) is 55.8 Å². The zero-order valence-electron chi connectivity index (χ0n) is 17.8. The maximum absolute atomic E-state index is 14.0.